The lowest BCUT2D eigenvalue weighted by atomic mass is 10.1. The van der Waals surface area contributed by atoms with Crippen molar-refractivity contribution in [1.29, 1.82) is 0 Å². The molecule has 2 heterocycles. The van der Waals surface area contributed by atoms with Gasteiger partial charge in [0.25, 0.3) is 0 Å². The van der Waals surface area contributed by atoms with Gasteiger partial charge in [-0.25, -0.2) is 0 Å². The number of rotatable bonds is 7. The first-order chi connectivity index (χ1) is 12.8. The molecule has 0 atom stereocenters. The summed E-state index contributed by atoms with van der Waals surface area (Å²) in [5.41, 5.74) is 5.33. The summed E-state index contributed by atoms with van der Waals surface area (Å²) in [6, 6.07) is 6.44. The zero-order chi connectivity index (χ0) is 18.2. The molecule has 5 nitrogen and oxygen atoms in total. The van der Waals surface area contributed by atoms with Gasteiger partial charge in [-0.05, 0) is 44.2 Å². The minimum atomic E-state index is 0.758. The van der Waals surface area contributed by atoms with Crippen LogP contribution in [0.25, 0.3) is 10.9 Å². The van der Waals surface area contributed by atoms with Crippen LogP contribution in [0.15, 0.2) is 41.0 Å². The van der Waals surface area contributed by atoms with E-state index in [1.54, 1.807) is 0 Å². The maximum atomic E-state index is 5.36. The van der Waals surface area contributed by atoms with E-state index in [0.717, 1.165) is 58.1 Å². The van der Waals surface area contributed by atoms with Crippen molar-refractivity contribution < 1.29 is 4.74 Å². The number of guanidine groups is 1. The number of benzene rings is 1. The van der Waals surface area contributed by atoms with Gasteiger partial charge in [-0.15, -0.1) is 0 Å². The fourth-order valence-corrected chi connectivity index (χ4v) is 3.33. The number of ether oxygens (including phenoxy) is 1. The van der Waals surface area contributed by atoms with E-state index in [9.17, 15) is 0 Å². The molecule has 0 saturated heterocycles. The Hall–Kier alpha value is -2.27. The number of hydrogen-bond acceptors (Lipinski definition) is 2. The van der Waals surface area contributed by atoms with Gasteiger partial charge in [0.1, 0.15) is 0 Å². The van der Waals surface area contributed by atoms with Crippen LogP contribution in [0.4, 0.5) is 0 Å². The average molecular weight is 354 g/mol. The molecule has 1 aliphatic heterocycles. The smallest absolute Gasteiger partial charge is 0.191 e. The summed E-state index contributed by atoms with van der Waals surface area (Å²) in [6.45, 7) is 8.39. The molecule has 0 fully saturated rings. The van der Waals surface area contributed by atoms with E-state index in [-0.39, 0.29) is 0 Å². The number of nitrogens with zero attached hydrogens (tertiary/aromatic N) is 1. The molecule has 0 amide bonds. The van der Waals surface area contributed by atoms with Gasteiger partial charge in [-0.1, -0.05) is 29.8 Å². The molecule has 0 aliphatic carbocycles. The monoisotopic (exact) mass is 354 g/mol. The molecule has 140 valence electrons. The summed E-state index contributed by atoms with van der Waals surface area (Å²) < 4.78 is 5.36. The van der Waals surface area contributed by atoms with Crippen molar-refractivity contribution in [1.82, 2.24) is 15.6 Å². The van der Waals surface area contributed by atoms with E-state index in [2.05, 4.69) is 59.9 Å². The summed E-state index contributed by atoms with van der Waals surface area (Å²) >= 11 is 0. The molecule has 1 aromatic carbocycles. The van der Waals surface area contributed by atoms with Crippen molar-refractivity contribution in [3.63, 3.8) is 0 Å². The lowest BCUT2D eigenvalue weighted by Gasteiger charge is -2.15. The number of hydrogen-bond donors (Lipinski definition) is 3. The Balaban J connectivity index is 1.53. The van der Waals surface area contributed by atoms with Crippen LogP contribution >= 0.6 is 0 Å². The largest absolute Gasteiger partial charge is 0.377 e. The molecule has 0 saturated carbocycles. The zero-order valence-electron chi connectivity index (χ0n) is 15.9. The third-order valence-corrected chi connectivity index (χ3v) is 4.80. The first-order valence-corrected chi connectivity index (χ1v) is 9.61. The van der Waals surface area contributed by atoms with E-state index in [1.807, 2.05) is 0 Å². The molecule has 0 unspecified atom stereocenters. The number of aromatic nitrogens is 1. The molecule has 0 bridgehead atoms. The molecule has 3 N–H and O–H groups in total. The van der Waals surface area contributed by atoms with Gasteiger partial charge in [0.2, 0.25) is 0 Å². The predicted molar refractivity (Wildman–Crippen MR) is 109 cm³/mol. The van der Waals surface area contributed by atoms with E-state index < -0.39 is 0 Å². The average Bonchev–Trinajstić information content (AvgIpc) is 3.07. The highest BCUT2D eigenvalue weighted by Gasteiger charge is 2.06. The Morgan fingerprint density at radius 2 is 2.19 bits per heavy atom. The zero-order valence-corrected chi connectivity index (χ0v) is 15.9. The second-order valence-electron chi connectivity index (χ2n) is 6.69. The number of H-pyrrole nitrogens is 1. The third kappa shape index (κ3) is 4.88. The summed E-state index contributed by atoms with van der Waals surface area (Å²) in [5.74, 6) is 0.899. The number of aryl methyl sites for hydroxylation is 1. The van der Waals surface area contributed by atoms with Gasteiger partial charge in [0.15, 0.2) is 5.96 Å². The highest BCUT2D eigenvalue weighted by molar-refractivity contribution is 5.86. The van der Waals surface area contributed by atoms with Crippen LogP contribution in [0.3, 0.4) is 0 Å². The Morgan fingerprint density at radius 1 is 1.27 bits per heavy atom. The lowest BCUT2D eigenvalue weighted by molar-refractivity contribution is 0.153. The number of fused-ring (bicyclic) bond motifs is 1. The van der Waals surface area contributed by atoms with Crippen molar-refractivity contribution in [2.24, 2.45) is 4.99 Å². The SMILES string of the molecule is CCNC(=NCCc1c[nH]c2c(C)cccc12)NCCC1=CCOCC1. The third-order valence-electron chi connectivity index (χ3n) is 4.80. The predicted octanol–water partition coefficient (Wildman–Crippen LogP) is 3.31. The highest BCUT2D eigenvalue weighted by Crippen LogP contribution is 2.21. The van der Waals surface area contributed by atoms with Crippen molar-refractivity contribution in [2.45, 2.75) is 33.1 Å². The van der Waals surface area contributed by atoms with Gasteiger partial charge >= 0.3 is 0 Å². The van der Waals surface area contributed by atoms with Crippen LogP contribution in [0.2, 0.25) is 0 Å². The van der Waals surface area contributed by atoms with E-state index in [1.165, 1.54) is 27.6 Å². The quantitative estimate of drug-likeness (QED) is 0.406. The van der Waals surface area contributed by atoms with Crippen LogP contribution in [-0.2, 0) is 11.2 Å². The summed E-state index contributed by atoms with van der Waals surface area (Å²) in [7, 11) is 0. The fraction of sp³-hybridized carbons (Fsp3) is 0.476. The second kappa shape index (κ2) is 9.43. The first-order valence-electron chi connectivity index (χ1n) is 9.61. The van der Waals surface area contributed by atoms with Gasteiger partial charge < -0.3 is 20.4 Å². The van der Waals surface area contributed by atoms with Crippen molar-refractivity contribution in [2.75, 3.05) is 32.8 Å². The number of aromatic amines is 1. The first kappa shape index (κ1) is 18.5. The Kier molecular flexibility index (Phi) is 6.72. The Bertz CT molecular complexity index is 775. The molecule has 26 heavy (non-hydrogen) atoms. The van der Waals surface area contributed by atoms with Crippen LogP contribution in [0.5, 0.6) is 0 Å². The molecule has 2 aromatic rings. The second-order valence-corrected chi connectivity index (χ2v) is 6.69. The van der Waals surface area contributed by atoms with Crippen LogP contribution < -0.4 is 10.6 Å². The van der Waals surface area contributed by atoms with Crippen molar-refractivity contribution in [3.8, 4) is 0 Å². The van der Waals surface area contributed by atoms with E-state index in [4.69, 9.17) is 9.73 Å². The molecular weight excluding hydrogens is 324 g/mol. The topological polar surface area (TPSA) is 61.4 Å². The molecule has 1 aromatic heterocycles. The maximum Gasteiger partial charge on any atom is 0.191 e. The summed E-state index contributed by atoms with van der Waals surface area (Å²) in [6.07, 6.45) is 7.35. The molecule has 0 radical (unpaired) electrons. The maximum absolute atomic E-state index is 5.36. The lowest BCUT2D eigenvalue weighted by Crippen LogP contribution is -2.38. The normalized spacial score (nSPS) is 15.2. The highest BCUT2D eigenvalue weighted by atomic mass is 16.5. The van der Waals surface area contributed by atoms with Gasteiger partial charge in [0, 0.05) is 36.7 Å². The van der Waals surface area contributed by atoms with Gasteiger partial charge in [0.05, 0.1) is 13.2 Å². The molecule has 5 heteroatoms. The van der Waals surface area contributed by atoms with E-state index in [0.29, 0.717) is 0 Å². The molecule has 1 aliphatic rings. The number of aliphatic imine (C=N–C) groups is 1. The standard InChI is InChI=1S/C21H30N4O/c1-3-22-21(23-11-7-17-9-13-26-14-10-17)24-12-8-18-15-25-20-16(2)5-4-6-19(18)20/h4-6,9,15,25H,3,7-8,10-14H2,1-2H3,(H2,22,23,24). The van der Waals surface area contributed by atoms with Crippen LogP contribution in [-0.4, -0.2) is 43.8 Å². The minimum absolute atomic E-state index is 0.758. The molecule has 0 spiro atoms. The number of nitrogens with one attached hydrogen (secondary N) is 3. The Labute approximate surface area is 155 Å². The van der Waals surface area contributed by atoms with Gasteiger partial charge in [-0.3, -0.25) is 4.99 Å². The molecular formula is C21H30N4O. The fourth-order valence-electron chi connectivity index (χ4n) is 3.33. The van der Waals surface area contributed by atoms with E-state index >= 15 is 0 Å². The number of para-hydroxylation sites is 1. The van der Waals surface area contributed by atoms with Gasteiger partial charge in [-0.2, -0.15) is 0 Å². The van der Waals surface area contributed by atoms with Crippen LogP contribution in [0, 0.1) is 6.92 Å². The van der Waals surface area contributed by atoms with Crippen LogP contribution in [0.1, 0.15) is 30.9 Å². The summed E-state index contributed by atoms with van der Waals surface area (Å²) in [5, 5.41) is 8.09. The van der Waals surface area contributed by atoms with Crippen molar-refractivity contribution in [3.05, 3.63) is 47.2 Å². The Morgan fingerprint density at radius 3 is 3.00 bits per heavy atom. The summed E-state index contributed by atoms with van der Waals surface area (Å²) in [4.78, 5) is 8.13. The van der Waals surface area contributed by atoms with Crippen molar-refractivity contribution >= 4 is 16.9 Å². The molecule has 3 rings (SSSR count). The minimum Gasteiger partial charge on any atom is -0.377 e.